The number of hydrogen-bond donors (Lipinski definition) is 3. The van der Waals surface area contributed by atoms with Crippen LogP contribution in [0.4, 0.5) is 0 Å². The smallest absolute Gasteiger partial charge is 0.257 e. The van der Waals surface area contributed by atoms with Gasteiger partial charge in [0.15, 0.2) is 11.5 Å². The Balaban J connectivity index is 2.21. The zero-order valence-electron chi connectivity index (χ0n) is 11.7. The summed E-state index contributed by atoms with van der Waals surface area (Å²) in [7, 11) is 1.74. The fourth-order valence-corrected chi connectivity index (χ4v) is 3.02. The number of carbonyl (C=O) groups is 1. The van der Waals surface area contributed by atoms with E-state index >= 15 is 0 Å². The second-order valence-electron chi connectivity index (χ2n) is 5.44. The predicted molar refractivity (Wildman–Crippen MR) is 76.7 cm³/mol. The Morgan fingerprint density at radius 3 is 2.75 bits per heavy atom. The van der Waals surface area contributed by atoms with Crippen LogP contribution in [0.5, 0.6) is 11.5 Å². The van der Waals surface area contributed by atoms with Crippen LogP contribution >= 0.6 is 0 Å². The Labute approximate surface area is 119 Å². The highest BCUT2D eigenvalue weighted by atomic mass is 16.3. The van der Waals surface area contributed by atoms with Crippen molar-refractivity contribution in [1.82, 2.24) is 4.90 Å². The van der Waals surface area contributed by atoms with Crippen molar-refractivity contribution >= 4 is 5.91 Å². The van der Waals surface area contributed by atoms with Crippen LogP contribution in [0.15, 0.2) is 18.2 Å². The molecule has 0 heterocycles. The molecule has 1 amide bonds. The maximum atomic E-state index is 12.5. The van der Waals surface area contributed by atoms with E-state index in [2.05, 4.69) is 0 Å². The molecule has 1 fully saturated rings. The largest absolute Gasteiger partial charge is 0.504 e. The third kappa shape index (κ3) is 2.72. The number of benzene rings is 1. The summed E-state index contributed by atoms with van der Waals surface area (Å²) < 4.78 is 0. The molecule has 0 aliphatic heterocycles. The maximum Gasteiger partial charge on any atom is 0.257 e. The summed E-state index contributed by atoms with van der Waals surface area (Å²) in [5.74, 6) is -0.603. The highest BCUT2D eigenvalue weighted by Crippen LogP contribution is 2.32. The van der Waals surface area contributed by atoms with Gasteiger partial charge in [-0.05, 0) is 37.4 Å². The monoisotopic (exact) mass is 278 g/mol. The van der Waals surface area contributed by atoms with Gasteiger partial charge in [0.2, 0.25) is 0 Å². The first-order valence-corrected chi connectivity index (χ1v) is 7.04. The lowest BCUT2D eigenvalue weighted by Gasteiger charge is -2.37. The highest BCUT2D eigenvalue weighted by Gasteiger charge is 2.31. The number of phenolic OH excluding ortho intramolecular Hbond substituents is 2. The summed E-state index contributed by atoms with van der Waals surface area (Å²) in [6.07, 6.45) is 4.21. The Hall–Kier alpha value is -1.75. The van der Waals surface area contributed by atoms with Crippen LogP contribution in [-0.4, -0.2) is 40.7 Å². The van der Waals surface area contributed by atoms with Crippen LogP contribution in [0.1, 0.15) is 36.0 Å². The van der Waals surface area contributed by atoms with E-state index in [1.807, 2.05) is 0 Å². The summed E-state index contributed by atoms with van der Waals surface area (Å²) in [5, 5.41) is 19.3. The van der Waals surface area contributed by atoms with Gasteiger partial charge in [-0.2, -0.15) is 0 Å². The van der Waals surface area contributed by atoms with Crippen molar-refractivity contribution in [3.8, 4) is 11.5 Å². The summed E-state index contributed by atoms with van der Waals surface area (Å²) in [5.41, 5.74) is 5.93. The lowest BCUT2D eigenvalue weighted by Crippen LogP contribution is -2.45. The Kier molecular flexibility index (Phi) is 4.49. The van der Waals surface area contributed by atoms with Gasteiger partial charge >= 0.3 is 0 Å². The van der Waals surface area contributed by atoms with E-state index in [1.54, 1.807) is 18.0 Å². The van der Waals surface area contributed by atoms with Gasteiger partial charge in [-0.15, -0.1) is 0 Å². The lowest BCUT2D eigenvalue weighted by molar-refractivity contribution is 0.0617. The molecule has 5 nitrogen and oxygen atoms in total. The van der Waals surface area contributed by atoms with Gasteiger partial charge in [0.05, 0.1) is 5.56 Å². The van der Waals surface area contributed by atoms with Crippen molar-refractivity contribution in [2.75, 3.05) is 13.6 Å². The molecule has 0 spiro atoms. The van der Waals surface area contributed by atoms with Crippen LogP contribution in [0.3, 0.4) is 0 Å². The van der Waals surface area contributed by atoms with Gasteiger partial charge in [0.1, 0.15) is 0 Å². The quantitative estimate of drug-likeness (QED) is 0.734. The summed E-state index contributed by atoms with van der Waals surface area (Å²) >= 11 is 0. The predicted octanol–water partition coefficient (Wildman–Crippen LogP) is 1.69. The summed E-state index contributed by atoms with van der Waals surface area (Å²) in [4.78, 5) is 14.2. The molecule has 2 rings (SSSR count). The maximum absolute atomic E-state index is 12.5. The molecule has 1 aromatic carbocycles. The topological polar surface area (TPSA) is 86.8 Å². The standard InChI is InChI=1S/C15H22N2O3/c1-17(12-7-3-2-5-10(12)9-16)15(20)11-6-4-8-13(18)14(11)19/h4,6,8,10,12,18-19H,2-3,5,7,9,16H2,1H3. The van der Waals surface area contributed by atoms with Gasteiger partial charge in [0.25, 0.3) is 5.91 Å². The molecule has 5 heteroatoms. The molecular weight excluding hydrogens is 256 g/mol. The second-order valence-corrected chi connectivity index (χ2v) is 5.44. The van der Waals surface area contributed by atoms with Crippen molar-refractivity contribution in [1.29, 1.82) is 0 Å². The van der Waals surface area contributed by atoms with Crippen LogP contribution in [0, 0.1) is 5.92 Å². The van der Waals surface area contributed by atoms with Crippen molar-refractivity contribution in [3.05, 3.63) is 23.8 Å². The number of aromatic hydroxyl groups is 2. The molecule has 2 atom stereocenters. The van der Waals surface area contributed by atoms with Gasteiger partial charge in [-0.3, -0.25) is 4.79 Å². The summed E-state index contributed by atoms with van der Waals surface area (Å²) in [6.45, 7) is 0.564. The minimum absolute atomic E-state index is 0.1000. The van der Waals surface area contributed by atoms with E-state index in [0.717, 1.165) is 25.7 Å². The summed E-state index contributed by atoms with van der Waals surface area (Å²) in [6, 6.07) is 4.53. The Bertz CT molecular complexity index is 490. The minimum Gasteiger partial charge on any atom is -0.504 e. The number of hydrogen-bond acceptors (Lipinski definition) is 4. The molecule has 0 radical (unpaired) electrons. The SMILES string of the molecule is CN(C(=O)c1cccc(O)c1O)C1CCCCC1CN. The van der Waals surface area contributed by atoms with E-state index in [4.69, 9.17) is 5.73 Å². The fourth-order valence-electron chi connectivity index (χ4n) is 3.02. The number of phenols is 2. The highest BCUT2D eigenvalue weighted by molar-refractivity contribution is 5.97. The molecule has 20 heavy (non-hydrogen) atoms. The van der Waals surface area contributed by atoms with Crippen LogP contribution < -0.4 is 5.73 Å². The third-order valence-electron chi connectivity index (χ3n) is 4.23. The van der Waals surface area contributed by atoms with Crippen LogP contribution in [0.2, 0.25) is 0 Å². The molecule has 2 unspecified atom stereocenters. The lowest BCUT2D eigenvalue weighted by atomic mass is 9.83. The van der Waals surface area contributed by atoms with Crippen molar-refractivity contribution in [2.24, 2.45) is 11.7 Å². The fraction of sp³-hybridized carbons (Fsp3) is 0.533. The molecule has 4 N–H and O–H groups in total. The van der Waals surface area contributed by atoms with E-state index in [9.17, 15) is 15.0 Å². The van der Waals surface area contributed by atoms with Crippen molar-refractivity contribution < 1.29 is 15.0 Å². The first-order chi connectivity index (χ1) is 9.56. The second kappa shape index (κ2) is 6.13. The van der Waals surface area contributed by atoms with E-state index < -0.39 is 0 Å². The Morgan fingerprint density at radius 2 is 2.05 bits per heavy atom. The number of para-hydroxylation sites is 1. The van der Waals surface area contributed by atoms with Gasteiger partial charge in [0, 0.05) is 13.1 Å². The average Bonchev–Trinajstić information content (AvgIpc) is 2.48. The average molecular weight is 278 g/mol. The van der Waals surface area contributed by atoms with E-state index in [0.29, 0.717) is 12.5 Å². The molecule has 1 aliphatic rings. The Morgan fingerprint density at radius 1 is 1.35 bits per heavy atom. The number of nitrogens with two attached hydrogens (primary N) is 1. The van der Waals surface area contributed by atoms with Gasteiger partial charge < -0.3 is 20.8 Å². The van der Waals surface area contributed by atoms with Crippen molar-refractivity contribution in [3.63, 3.8) is 0 Å². The molecule has 0 aromatic heterocycles. The van der Waals surface area contributed by atoms with E-state index in [1.165, 1.54) is 12.1 Å². The van der Waals surface area contributed by atoms with Gasteiger partial charge in [-0.1, -0.05) is 18.9 Å². The molecule has 0 bridgehead atoms. The van der Waals surface area contributed by atoms with Crippen LogP contribution in [0.25, 0.3) is 0 Å². The number of amides is 1. The number of rotatable bonds is 3. The normalized spacial score (nSPS) is 22.5. The molecule has 1 aliphatic carbocycles. The molecule has 110 valence electrons. The molecule has 1 saturated carbocycles. The zero-order valence-corrected chi connectivity index (χ0v) is 11.7. The van der Waals surface area contributed by atoms with E-state index in [-0.39, 0.29) is 29.0 Å². The molecular formula is C15H22N2O3. The first kappa shape index (κ1) is 14.7. The number of nitrogens with zero attached hydrogens (tertiary/aromatic N) is 1. The van der Waals surface area contributed by atoms with Crippen molar-refractivity contribution in [2.45, 2.75) is 31.7 Å². The first-order valence-electron chi connectivity index (χ1n) is 7.04. The molecule has 1 aromatic rings. The molecule has 0 saturated heterocycles. The minimum atomic E-state index is -0.357. The van der Waals surface area contributed by atoms with Crippen LogP contribution in [-0.2, 0) is 0 Å². The van der Waals surface area contributed by atoms with Gasteiger partial charge in [-0.25, -0.2) is 0 Å². The third-order valence-corrected chi connectivity index (χ3v) is 4.23. The number of carbonyl (C=O) groups excluding carboxylic acids is 1. The zero-order chi connectivity index (χ0) is 14.7.